The first-order valence-corrected chi connectivity index (χ1v) is 6.78. The molecule has 1 N–H and O–H groups in total. The molecule has 0 spiro atoms. The zero-order valence-electron chi connectivity index (χ0n) is 9.38. The van der Waals surface area contributed by atoms with Gasteiger partial charge in [-0.2, -0.15) is 0 Å². The van der Waals surface area contributed by atoms with E-state index < -0.39 is 17.5 Å². The summed E-state index contributed by atoms with van der Waals surface area (Å²) in [6, 6.07) is 8.63. The van der Waals surface area contributed by atoms with Gasteiger partial charge in [0, 0.05) is 10.5 Å². The second-order valence-electron chi connectivity index (χ2n) is 3.68. The van der Waals surface area contributed by atoms with Crippen molar-refractivity contribution in [2.75, 3.05) is 5.32 Å². The molecule has 0 aromatic heterocycles. The van der Waals surface area contributed by atoms with Gasteiger partial charge in [-0.1, -0.05) is 12.1 Å². The molecule has 0 fully saturated rings. The first-order valence-electron chi connectivity index (χ1n) is 5.19. The van der Waals surface area contributed by atoms with E-state index in [-0.39, 0.29) is 10.2 Å². The summed E-state index contributed by atoms with van der Waals surface area (Å²) in [7, 11) is 0. The Labute approximate surface area is 125 Å². The van der Waals surface area contributed by atoms with Gasteiger partial charge in [-0.25, -0.2) is 8.78 Å². The van der Waals surface area contributed by atoms with Gasteiger partial charge < -0.3 is 5.32 Å². The molecule has 0 aliphatic heterocycles. The second-order valence-corrected chi connectivity index (χ2v) is 5.39. The van der Waals surface area contributed by atoms with Gasteiger partial charge in [-0.15, -0.1) is 0 Å². The minimum absolute atomic E-state index is 0.0799. The number of carbonyl (C=O) groups is 1. The third-order valence-electron chi connectivity index (χ3n) is 2.38. The summed E-state index contributed by atoms with van der Waals surface area (Å²) < 4.78 is 27.3. The highest BCUT2D eigenvalue weighted by atomic mass is 79.9. The molecule has 0 saturated heterocycles. The van der Waals surface area contributed by atoms with Crippen molar-refractivity contribution in [2.45, 2.75) is 0 Å². The SMILES string of the molecule is O=C(Nc1cc(Br)c(F)cc1F)c1ccccc1Br. The lowest BCUT2D eigenvalue weighted by Crippen LogP contribution is -2.13. The van der Waals surface area contributed by atoms with Crippen molar-refractivity contribution in [2.24, 2.45) is 0 Å². The highest BCUT2D eigenvalue weighted by Gasteiger charge is 2.14. The smallest absolute Gasteiger partial charge is 0.256 e. The van der Waals surface area contributed by atoms with E-state index in [0.717, 1.165) is 0 Å². The average Bonchev–Trinajstić information content (AvgIpc) is 2.36. The van der Waals surface area contributed by atoms with E-state index in [9.17, 15) is 13.6 Å². The van der Waals surface area contributed by atoms with Crippen LogP contribution in [0.5, 0.6) is 0 Å². The van der Waals surface area contributed by atoms with Gasteiger partial charge in [0.05, 0.1) is 15.7 Å². The molecule has 2 nitrogen and oxygen atoms in total. The molecular formula is C13H7Br2F2NO. The summed E-state index contributed by atoms with van der Waals surface area (Å²) in [5.74, 6) is -2.04. The molecular weight excluding hydrogens is 384 g/mol. The second kappa shape index (κ2) is 5.79. The number of nitrogens with one attached hydrogen (secondary N) is 1. The van der Waals surface area contributed by atoms with Crippen molar-refractivity contribution < 1.29 is 13.6 Å². The Morgan fingerprint density at radius 1 is 1.00 bits per heavy atom. The number of anilines is 1. The number of hydrogen-bond acceptors (Lipinski definition) is 1. The molecule has 98 valence electrons. The fraction of sp³-hybridized carbons (Fsp3) is 0. The Morgan fingerprint density at radius 3 is 2.37 bits per heavy atom. The molecule has 0 aliphatic carbocycles. The lowest BCUT2D eigenvalue weighted by atomic mass is 10.2. The normalized spacial score (nSPS) is 10.3. The van der Waals surface area contributed by atoms with Crippen LogP contribution in [0.15, 0.2) is 45.3 Å². The summed E-state index contributed by atoms with van der Waals surface area (Å²) in [6.45, 7) is 0. The predicted octanol–water partition coefficient (Wildman–Crippen LogP) is 4.74. The first-order chi connectivity index (χ1) is 8.99. The molecule has 2 aromatic carbocycles. The van der Waals surface area contributed by atoms with Crippen LogP contribution in [0.3, 0.4) is 0 Å². The van der Waals surface area contributed by atoms with Gasteiger partial charge >= 0.3 is 0 Å². The zero-order valence-corrected chi connectivity index (χ0v) is 12.6. The summed E-state index contributed by atoms with van der Waals surface area (Å²) in [6.07, 6.45) is 0. The lowest BCUT2D eigenvalue weighted by molar-refractivity contribution is 0.102. The first kappa shape index (κ1) is 14.1. The number of hydrogen-bond donors (Lipinski definition) is 1. The fourth-order valence-corrected chi connectivity index (χ4v) is 2.26. The number of amides is 1. The molecule has 0 unspecified atom stereocenters. The molecule has 0 aliphatic rings. The van der Waals surface area contributed by atoms with Crippen molar-refractivity contribution >= 4 is 43.5 Å². The average molecular weight is 391 g/mol. The van der Waals surface area contributed by atoms with Gasteiger partial charge in [-0.3, -0.25) is 4.79 Å². The monoisotopic (exact) mass is 389 g/mol. The van der Waals surface area contributed by atoms with E-state index in [1.807, 2.05) is 0 Å². The van der Waals surface area contributed by atoms with Crippen LogP contribution in [0.4, 0.5) is 14.5 Å². The highest BCUT2D eigenvalue weighted by Crippen LogP contribution is 2.25. The van der Waals surface area contributed by atoms with Crippen LogP contribution in [0.25, 0.3) is 0 Å². The molecule has 1 amide bonds. The quantitative estimate of drug-likeness (QED) is 0.737. The number of halogens is 4. The minimum Gasteiger partial charge on any atom is -0.319 e. The van der Waals surface area contributed by atoms with Crippen LogP contribution in [0, 0.1) is 11.6 Å². The maximum atomic E-state index is 13.5. The molecule has 6 heteroatoms. The molecule has 2 rings (SSSR count). The van der Waals surface area contributed by atoms with Gasteiger partial charge in [0.25, 0.3) is 5.91 Å². The summed E-state index contributed by atoms with van der Waals surface area (Å²) >= 11 is 6.17. The van der Waals surface area contributed by atoms with Gasteiger partial charge in [0.2, 0.25) is 0 Å². The van der Waals surface area contributed by atoms with E-state index >= 15 is 0 Å². The fourth-order valence-electron chi connectivity index (χ4n) is 1.45. The highest BCUT2D eigenvalue weighted by molar-refractivity contribution is 9.10. The topological polar surface area (TPSA) is 29.1 Å². The van der Waals surface area contributed by atoms with Gasteiger partial charge in [0.15, 0.2) is 0 Å². The Morgan fingerprint density at radius 2 is 1.68 bits per heavy atom. The molecule has 0 radical (unpaired) electrons. The Balaban J connectivity index is 2.30. The predicted molar refractivity (Wildman–Crippen MR) is 76.2 cm³/mol. The van der Waals surface area contributed by atoms with Gasteiger partial charge in [-0.05, 0) is 50.1 Å². The molecule has 19 heavy (non-hydrogen) atoms. The van der Waals surface area contributed by atoms with Crippen LogP contribution in [-0.2, 0) is 0 Å². The van der Waals surface area contributed by atoms with Crippen LogP contribution in [0.2, 0.25) is 0 Å². The third kappa shape index (κ3) is 3.19. The van der Waals surface area contributed by atoms with Crippen molar-refractivity contribution in [3.05, 3.63) is 62.5 Å². The van der Waals surface area contributed by atoms with Crippen LogP contribution in [0.1, 0.15) is 10.4 Å². The molecule has 0 saturated carbocycles. The third-order valence-corrected chi connectivity index (χ3v) is 3.68. The summed E-state index contributed by atoms with van der Waals surface area (Å²) in [5.41, 5.74) is 0.274. The zero-order chi connectivity index (χ0) is 14.0. The molecule has 0 bridgehead atoms. The standard InChI is InChI=1S/C13H7Br2F2NO/c14-8-4-2-1-3-7(8)13(19)18-12-5-9(15)10(16)6-11(12)17/h1-6H,(H,18,19). The van der Waals surface area contributed by atoms with Crippen molar-refractivity contribution in [1.29, 1.82) is 0 Å². The lowest BCUT2D eigenvalue weighted by Gasteiger charge is -2.08. The van der Waals surface area contributed by atoms with Crippen LogP contribution < -0.4 is 5.32 Å². The largest absolute Gasteiger partial charge is 0.319 e. The van der Waals surface area contributed by atoms with Crippen molar-refractivity contribution in [3.8, 4) is 0 Å². The Bertz CT molecular complexity index is 647. The minimum atomic E-state index is -0.832. The molecule has 0 heterocycles. The number of rotatable bonds is 2. The van der Waals surface area contributed by atoms with E-state index in [1.54, 1.807) is 24.3 Å². The Hall–Kier alpha value is -1.27. The van der Waals surface area contributed by atoms with Crippen LogP contribution >= 0.6 is 31.9 Å². The van der Waals surface area contributed by atoms with Crippen molar-refractivity contribution in [3.63, 3.8) is 0 Å². The van der Waals surface area contributed by atoms with E-state index in [1.165, 1.54) is 6.07 Å². The number of carbonyl (C=O) groups excluding carboxylic acids is 1. The van der Waals surface area contributed by atoms with Crippen LogP contribution in [-0.4, -0.2) is 5.91 Å². The maximum Gasteiger partial charge on any atom is 0.256 e. The Kier molecular flexibility index (Phi) is 4.31. The molecule has 0 atom stereocenters. The summed E-state index contributed by atoms with van der Waals surface area (Å²) in [4.78, 5) is 12.0. The van der Waals surface area contributed by atoms with E-state index in [4.69, 9.17) is 0 Å². The van der Waals surface area contributed by atoms with Gasteiger partial charge in [0.1, 0.15) is 11.6 Å². The van der Waals surface area contributed by atoms with Crippen molar-refractivity contribution in [1.82, 2.24) is 0 Å². The molecule has 2 aromatic rings. The van der Waals surface area contributed by atoms with E-state index in [2.05, 4.69) is 37.2 Å². The van der Waals surface area contributed by atoms with E-state index in [0.29, 0.717) is 16.1 Å². The number of benzene rings is 2. The summed E-state index contributed by atoms with van der Waals surface area (Å²) in [5, 5.41) is 2.39. The maximum absolute atomic E-state index is 13.5.